The number of rotatable bonds is 3. The first-order chi connectivity index (χ1) is 9.20. The Morgan fingerprint density at radius 3 is 2.89 bits per heavy atom. The van der Waals surface area contributed by atoms with Crippen molar-refractivity contribution in [3.05, 3.63) is 46.0 Å². The smallest absolute Gasteiger partial charge is 0.329 e. The molecule has 0 saturated heterocycles. The second-order valence-corrected chi connectivity index (χ2v) is 5.33. The fourth-order valence-electron chi connectivity index (χ4n) is 2.23. The number of hydrogen-bond donors (Lipinski definition) is 2. The van der Waals surface area contributed by atoms with Crippen LogP contribution < -0.4 is 10.4 Å². The normalized spacial score (nSPS) is 17.4. The number of ether oxygens (including phenoxy) is 1. The number of hydrogen-bond acceptors (Lipinski definition) is 4. The van der Waals surface area contributed by atoms with Crippen LogP contribution in [0.3, 0.4) is 0 Å². The van der Waals surface area contributed by atoms with Crippen molar-refractivity contribution in [1.82, 2.24) is 9.55 Å². The van der Waals surface area contributed by atoms with Gasteiger partial charge in [0.25, 0.3) is 0 Å². The molecule has 2 aromatic rings. The Labute approximate surface area is 114 Å². The second kappa shape index (κ2) is 4.70. The fraction of sp³-hybridized carbons (Fsp3) is 0.308. The summed E-state index contributed by atoms with van der Waals surface area (Å²) >= 11 is 1.62. The average molecular weight is 278 g/mol. The van der Waals surface area contributed by atoms with Gasteiger partial charge in [0.05, 0.1) is 12.3 Å². The maximum Gasteiger partial charge on any atom is 0.329 e. The minimum Gasteiger partial charge on any atom is -0.494 e. The number of imidazole rings is 1. The quantitative estimate of drug-likeness (QED) is 0.902. The zero-order valence-corrected chi connectivity index (χ0v) is 11.2. The van der Waals surface area contributed by atoms with Crippen LogP contribution in [-0.2, 0) is 5.75 Å². The van der Waals surface area contributed by atoms with Crippen LogP contribution in [0.25, 0.3) is 0 Å². The maximum atomic E-state index is 11.8. The molecular formula is C13H14N2O3S. The van der Waals surface area contributed by atoms with E-state index in [-0.39, 0.29) is 16.9 Å². The molecule has 5 nitrogen and oxygen atoms in total. The van der Waals surface area contributed by atoms with E-state index in [2.05, 4.69) is 4.98 Å². The van der Waals surface area contributed by atoms with Crippen LogP contribution in [0.1, 0.15) is 23.6 Å². The van der Waals surface area contributed by atoms with E-state index in [1.54, 1.807) is 16.3 Å². The Morgan fingerprint density at radius 1 is 1.47 bits per heavy atom. The number of aromatic hydroxyl groups is 1. The number of thioether (sulfide) groups is 1. The molecule has 1 atom stereocenters. The molecule has 0 aliphatic carbocycles. The van der Waals surface area contributed by atoms with E-state index in [4.69, 9.17) is 4.74 Å². The largest absolute Gasteiger partial charge is 0.494 e. The number of nitrogens with one attached hydrogen (secondary N) is 1. The summed E-state index contributed by atoms with van der Waals surface area (Å²) in [5.41, 5.74) is 1.42. The Balaban J connectivity index is 1.95. The van der Waals surface area contributed by atoms with Crippen molar-refractivity contribution < 1.29 is 9.84 Å². The van der Waals surface area contributed by atoms with Gasteiger partial charge in [-0.05, 0) is 24.6 Å². The SMILES string of the molecule is CCOc1ccc(C2SCc3c(O)[nH]c(=O)n32)cc1. The fourth-order valence-corrected chi connectivity index (χ4v) is 3.54. The highest BCUT2D eigenvalue weighted by Gasteiger charge is 2.29. The van der Waals surface area contributed by atoms with Crippen LogP contribution in [0.15, 0.2) is 29.1 Å². The van der Waals surface area contributed by atoms with Gasteiger partial charge in [0.1, 0.15) is 11.1 Å². The lowest BCUT2D eigenvalue weighted by atomic mass is 10.2. The van der Waals surface area contributed by atoms with Crippen LogP contribution in [0, 0.1) is 0 Å². The van der Waals surface area contributed by atoms with Gasteiger partial charge in [0, 0.05) is 5.75 Å². The molecule has 2 heterocycles. The molecule has 1 aliphatic rings. The Kier molecular flexibility index (Phi) is 3.02. The van der Waals surface area contributed by atoms with Gasteiger partial charge in [-0.15, -0.1) is 11.8 Å². The molecule has 0 spiro atoms. The monoisotopic (exact) mass is 278 g/mol. The van der Waals surface area contributed by atoms with E-state index in [1.807, 2.05) is 31.2 Å². The summed E-state index contributed by atoms with van der Waals surface area (Å²) in [6.45, 7) is 2.57. The molecule has 0 saturated carbocycles. The molecule has 0 radical (unpaired) electrons. The van der Waals surface area contributed by atoms with Crippen molar-refractivity contribution in [2.24, 2.45) is 0 Å². The number of benzene rings is 1. The standard InChI is InChI=1S/C13H14N2O3S/c1-2-18-9-5-3-8(4-6-9)12-15-10(7-19-12)11(16)14-13(15)17/h3-6,12,16H,2,7H2,1H3,(H,14,17). The summed E-state index contributed by atoms with van der Waals surface area (Å²) in [6, 6.07) is 7.70. The first kappa shape index (κ1) is 12.2. The predicted octanol–water partition coefficient (Wildman–Crippen LogP) is 2.07. The van der Waals surface area contributed by atoms with Gasteiger partial charge >= 0.3 is 5.69 Å². The van der Waals surface area contributed by atoms with Crippen LogP contribution in [0.5, 0.6) is 11.6 Å². The molecule has 1 aromatic carbocycles. The highest BCUT2D eigenvalue weighted by molar-refractivity contribution is 7.99. The van der Waals surface area contributed by atoms with Gasteiger partial charge < -0.3 is 9.84 Å². The maximum absolute atomic E-state index is 11.8. The lowest BCUT2D eigenvalue weighted by molar-refractivity contribution is 0.340. The summed E-state index contributed by atoms with van der Waals surface area (Å²) in [5, 5.41) is 9.53. The van der Waals surface area contributed by atoms with Gasteiger partial charge in [-0.2, -0.15) is 0 Å². The molecule has 100 valence electrons. The van der Waals surface area contributed by atoms with E-state index in [0.717, 1.165) is 11.3 Å². The van der Waals surface area contributed by atoms with Crippen LogP contribution >= 0.6 is 11.8 Å². The lowest BCUT2D eigenvalue weighted by Gasteiger charge is -2.12. The summed E-state index contributed by atoms with van der Waals surface area (Å²) in [6.07, 6.45) is 0. The summed E-state index contributed by atoms with van der Waals surface area (Å²) < 4.78 is 7.01. The first-order valence-electron chi connectivity index (χ1n) is 6.07. The first-order valence-corrected chi connectivity index (χ1v) is 7.12. The Hall–Kier alpha value is -1.82. The lowest BCUT2D eigenvalue weighted by Crippen LogP contribution is -2.19. The molecule has 3 rings (SSSR count). The molecule has 0 fully saturated rings. The molecular weight excluding hydrogens is 264 g/mol. The van der Waals surface area contributed by atoms with Gasteiger partial charge in [-0.1, -0.05) is 12.1 Å². The third-order valence-electron chi connectivity index (χ3n) is 3.10. The molecule has 1 aromatic heterocycles. The van der Waals surface area contributed by atoms with Crippen molar-refractivity contribution in [3.8, 4) is 11.6 Å². The topological polar surface area (TPSA) is 67.2 Å². The number of aromatic nitrogens is 2. The summed E-state index contributed by atoms with van der Waals surface area (Å²) in [5.74, 6) is 1.42. The number of H-pyrrole nitrogens is 1. The van der Waals surface area contributed by atoms with E-state index >= 15 is 0 Å². The number of fused-ring (bicyclic) bond motifs is 1. The van der Waals surface area contributed by atoms with E-state index in [0.29, 0.717) is 18.1 Å². The van der Waals surface area contributed by atoms with Crippen molar-refractivity contribution in [3.63, 3.8) is 0 Å². The average Bonchev–Trinajstić information content (AvgIpc) is 2.94. The third-order valence-corrected chi connectivity index (χ3v) is 4.34. The molecule has 1 unspecified atom stereocenters. The van der Waals surface area contributed by atoms with E-state index < -0.39 is 0 Å². The van der Waals surface area contributed by atoms with Crippen molar-refractivity contribution in [2.45, 2.75) is 18.1 Å². The van der Waals surface area contributed by atoms with E-state index in [1.165, 1.54) is 0 Å². The van der Waals surface area contributed by atoms with Crippen LogP contribution in [0.4, 0.5) is 0 Å². The van der Waals surface area contributed by atoms with Crippen molar-refractivity contribution in [2.75, 3.05) is 6.61 Å². The van der Waals surface area contributed by atoms with Gasteiger partial charge in [0.2, 0.25) is 5.88 Å². The van der Waals surface area contributed by atoms with Crippen LogP contribution in [-0.4, -0.2) is 21.3 Å². The molecule has 0 bridgehead atoms. The predicted molar refractivity (Wildman–Crippen MR) is 73.8 cm³/mol. The minimum absolute atomic E-state index is 0.0223. The molecule has 0 amide bonds. The van der Waals surface area contributed by atoms with Gasteiger partial charge in [0.15, 0.2) is 0 Å². The number of nitrogens with zero attached hydrogens (tertiary/aromatic N) is 1. The minimum atomic E-state index is -0.267. The second-order valence-electron chi connectivity index (χ2n) is 4.26. The van der Waals surface area contributed by atoms with Gasteiger partial charge in [-0.3, -0.25) is 9.55 Å². The highest BCUT2D eigenvalue weighted by atomic mass is 32.2. The number of aromatic amines is 1. The molecule has 6 heteroatoms. The van der Waals surface area contributed by atoms with E-state index in [9.17, 15) is 9.90 Å². The summed E-state index contributed by atoms with van der Waals surface area (Å²) in [7, 11) is 0. The highest BCUT2D eigenvalue weighted by Crippen LogP contribution is 2.41. The van der Waals surface area contributed by atoms with Crippen molar-refractivity contribution in [1.29, 1.82) is 0 Å². The molecule has 19 heavy (non-hydrogen) atoms. The molecule has 1 aliphatic heterocycles. The molecule has 2 N–H and O–H groups in total. The van der Waals surface area contributed by atoms with Crippen molar-refractivity contribution >= 4 is 11.8 Å². The zero-order valence-electron chi connectivity index (χ0n) is 10.4. The summed E-state index contributed by atoms with van der Waals surface area (Å²) in [4.78, 5) is 14.2. The Bertz CT molecular complexity index is 645. The Morgan fingerprint density at radius 2 is 2.21 bits per heavy atom. The van der Waals surface area contributed by atoms with Crippen LogP contribution in [0.2, 0.25) is 0 Å². The van der Waals surface area contributed by atoms with Gasteiger partial charge in [-0.25, -0.2) is 4.79 Å². The third kappa shape index (κ3) is 2.02. The zero-order chi connectivity index (χ0) is 13.4.